The normalized spacial score (nSPS) is 20.2. The summed E-state index contributed by atoms with van der Waals surface area (Å²) in [6, 6.07) is 32.1. The van der Waals surface area contributed by atoms with Crippen LogP contribution < -0.4 is 5.32 Å². The third-order valence-corrected chi connectivity index (χ3v) is 9.10. The summed E-state index contributed by atoms with van der Waals surface area (Å²) < 4.78 is 13.2. The molecule has 5 aromatic rings. The van der Waals surface area contributed by atoms with E-state index < -0.39 is 6.29 Å². The highest BCUT2D eigenvalue weighted by molar-refractivity contribution is 5.93. The molecule has 0 spiro atoms. The molecule has 3 heterocycles. The largest absolute Gasteiger partial charge is 0.392 e. The number of amides is 1. The van der Waals surface area contributed by atoms with Gasteiger partial charge in [-0.3, -0.25) is 9.78 Å². The quantitative estimate of drug-likeness (QED) is 0.186. The molecule has 1 amide bonds. The second-order valence-corrected chi connectivity index (χ2v) is 12.5. The van der Waals surface area contributed by atoms with Gasteiger partial charge in [0.15, 0.2) is 6.29 Å². The first-order valence-electron chi connectivity index (χ1n) is 16.5. The molecule has 0 aliphatic carbocycles. The fourth-order valence-corrected chi connectivity index (χ4v) is 6.50. The maximum Gasteiger partial charge on any atom is 0.271 e. The number of hydrogen-bond acceptors (Lipinski definition) is 7. The number of carbonyl (C=O) groups excluding carboxylic acids is 1. The van der Waals surface area contributed by atoms with E-state index in [0.717, 1.165) is 65.0 Å². The van der Waals surface area contributed by atoms with Crippen LogP contribution in [-0.4, -0.2) is 51.6 Å². The Bertz CT molecular complexity index is 1800. The zero-order valence-corrected chi connectivity index (χ0v) is 26.4. The minimum Gasteiger partial charge on any atom is -0.392 e. The number of carbonyl (C=O) groups is 1. The monoisotopic (exact) mass is 628 g/mol. The lowest BCUT2D eigenvalue weighted by Gasteiger charge is -2.39. The van der Waals surface area contributed by atoms with Crippen LogP contribution in [0.2, 0.25) is 0 Å². The first-order valence-corrected chi connectivity index (χ1v) is 16.5. The van der Waals surface area contributed by atoms with Gasteiger partial charge >= 0.3 is 0 Å². The van der Waals surface area contributed by atoms with Crippen LogP contribution in [0.15, 0.2) is 103 Å². The van der Waals surface area contributed by atoms with Crippen molar-refractivity contribution in [3.63, 3.8) is 0 Å². The molecule has 2 aliphatic rings. The van der Waals surface area contributed by atoms with Gasteiger partial charge in [-0.05, 0) is 71.9 Å². The van der Waals surface area contributed by atoms with Crippen molar-refractivity contribution in [2.75, 3.05) is 19.6 Å². The summed E-state index contributed by atoms with van der Waals surface area (Å²) in [7, 11) is 0. The highest BCUT2D eigenvalue weighted by Crippen LogP contribution is 2.39. The van der Waals surface area contributed by atoms with Crippen molar-refractivity contribution in [2.24, 2.45) is 0 Å². The van der Waals surface area contributed by atoms with E-state index in [4.69, 9.17) is 9.47 Å². The smallest absolute Gasteiger partial charge is 0.271 e. The molecule has 4 aromatic carbocycles. The summed E-state index contributed by atoms with van der Waals surface area (Å²) in [5.74, 6) is -0.258. The van der Waals surface area contributed by atoms with Crippen LogP contribution in [0, 0.1) is 0 Å². The lowest BCUT2D eigenvalue weighted by Crippen LogP contribution is -2.41. The molecular formula is C39H40N4O4. The first-order chi connectivity index (χ1) is 23.1. The number of nitrogens with zero attached hydrogens (tertiary/aromatic N) is 3. The van der Waals surface area contributed by atoms with Crippen molar-refractivity contribution in [3.8, 4) is 11.1 Å². The molecule has 8 heteroatoms. The number of nitrogens with one attached hydrogen (secondary N) is 1. The van der Waals surface area contributed by atoms with E-state index in [9.17, 15) is 9.90 Å². The van der Waals surface area contributed by atoms with Gasteiger partial charge < -0.3 is 24.8 Å². The lowest BCUT2D eigenvalue weighted by molar-refractivity contribution is -0.253. The van der Waals surface area contributed by atoms with Crippen molar-refractivity contribution in [1.29, 1.82) is 0 Å². The Morgan fingerprint density at radius 1 is 0.809 bits per heavy atom. The number of fused-ring (bicyclic) bond motifs is 1. The summed E-state index contributed by atoms with van der Waals surface area (Å²) in [5.41, 5.74) is 7.84. The number of hydrogen-bond donors (Lipinski definition) is 2. The number of ether oxygens (including phenoxy) is 2. The van der Waals surface area contributed by atoms with E-state index in [1.807, 2.05) is 48.5 Å². The summed E-state index contributed by atoms with van der Waals surface area (Å²) in [4.78, 5) is 24.2. The van der Waals surface area contributed by atoms with Crippen LogP contribution in [0.1, 0.15) is 70.8 Å². The van der Waals surface area contributed by atoms with Gasteiger partial charge in [0.25, 0.3) is 5.91 Å². The zero-order chi connectivity index (χ0) is 32.0. The van der Waals surface area contributed by atoms with Crippen LogP contribution >= 0.6 is 0 Å². The Morgan fingerprint density at radius 2 is 1.57 bits per heavy atom. The Morgan fingerprint density at radius 3 is 2.36 bits per heavy atom. The average Bonchev–Trinajstić information content (AvgIpc) is 3.14. The molecule has 47 heavy (non-hydrogen) atoms. The highest BCUT2D eigenvalue weighted by Gasteiger charge is 2.33. The first kappa shape index (κ1) is 31.1. The number of aliphatic hydroxyl groups is 1. The second-order valence-electron chi connectivity index (χ2n) is 12.5. The third-order valence-electron chi connectivity index (χ3n) is 9.10. The fraction of sp³-hybridized carbons (Fsp3) is 0.308. The number of benzene rings is 4. The van der Waals surface area contributed by atoms with Gasteiger partial charge in [0.1, 0.15) is 5.69 Å². The van der Waals surface area contributed by atoms with Crippen molar-refractivity contribution in [2.45, 2.75) is 57.3 Å². The zero-order valence-electron chi connectivity index (χ0n) is 26.4. The molecule has 1 aromatic heterocycles. The molecule has 2 saturated heterocycles. The van der Waals surface area contributed by atoms with Crippen LogP contribution in [0.5, 0.6) is 0 Å². The molecular weight excluding hydrogens is 588 g/mol. The van der Waals surface area contributed by atoms with E-state index in [1.54, 1.807) is 0 Å². The number of aromatic nitrogens is 2. The molecule has 240 valence electrons. The lowest BCUT2D eigenvalue weighted by atomic mass is 9.98. The molecule has 7 rings (SSSR count). The van der Waals surface area contributed by atoms with Gasteiger partial charge in [-0.2, -0.15) is 0 Å². The van der Waals surface area contributed by atoms with Gasteiger partial charge in [-0.25, -0.2) is 4.98 Å². The molecule has 0 radical (unpaired) electrons. The number of aliphatic hydroxyl groups excluding tert-OH is 1. The summed E-state index contributed by atoms with van der Waals surface area (Å²) in [5, 5.41) is 12.5. The predicted molar refractivity (Wildman–Crippen MR) is 181 cm³/mol. The minimum atomic E-state index is -0.477. The van der Waals surface area contributed by atoms with E-state index in [0.29, 0.717) is 17.8 Å². The van der Waals surface area contributed by atoms with Crippen molar-refractivity contribution in [1.82, 2.24) is 20.2 Å². The molecule has 0 unspecified atom stereocenters. The van der Waals surface area contributed by atoms with Crippen LogP contribution in [-0.2, 0) is 22.6 Å². The van der Waals surface area contributed by atoms with Crippen molar-refractivity contribution >= 4 is 16.9 Å². The van der Waals surface area contributed by atoms with Crippen LogP contribution in [0.25, 0.3) is 22.2 Å². The van der Waals surface area contributed by atoms with Gasteiger partial charge in [0.05, 0.1) is 36.0 Å². The summed E-state index contributed by atoms with van der Waals surface area (Å²) >= 11 is 0. The molecule has 3 atom stereocenters. The summed E-state index contributed by atoms with van der Waals surface area (Å²) in [6.45, 7) is 3.55. The Kier molecular flexibility index (Phi) is 9.63. The number of para-hydroxylation sites is 2. The molecule has 2 N–H and O–H groups in total. The molecule has 8 nitrogen and oxygen atoms in total. The predicted octanol–water partition coefficient (Wildman–Crippen LogP) is 6.75. The van der Waals surface area contributed by atoms with Gasteiger partial charge in [0, 0.05) is 25.1 Å². The topological polar surface area (TPSA) is 96.8 Å². The number of likely N-dealkylation sites (tertiary alicyclic amines) is 1. The highest BCUT2D eigenvalue weighted by atomic mass is 16.7. The molecule has 2 aliphatic heterocycles. The summed E-state index contributed by atoms with van der Waals surface area (Å²) in [6.07, 6.45) is 5.58. The maximum absolute atomic E-state index is 12.8. The van der Waals surface area contributed by atoms with Crippen molar-refractivity contribution < 1.29 is 19.4 Å². The van der Waals surface area contributed by atoms with Crippen molar-refractivity contribution in [3.05, 3.63) is 131 Å². The second kappa shape index (κ2) is 14.5. The Labute approximate surface area is 275 Å². The maximum atomic E-state index is 12.8. The minimum absolute atomic E-state index is 0.0273. The SMILES string of the molecule is O=C(NCc1cccc(-c2ccc([C@H]3O[C@@H](CN4CCCCC4)C[C@@H](c4ccc(CO)cc4)O3)cc2)c1)c1cnc2ccccc2n1. The van der Waals surface area contributed by atoms with E-state index >= 15 is 0 Å². The Hall–Kier alpha value is -4.47. The van der Waals surface area contributed by atoms with Gasteiger partial charge in [0.2, 0.25) is 0 Å². The van der Waals surface area contributed by atoms with Gasteiger partial charge in [-0.15, -0.1) is 0 Å². The molecule has 0 bridgehead atoms. The average molecular weight is 629 g/mol. The Balaban J connectivity index is 1.03. The molecule has 0 saturated carbocycles. The van der Waals surface area contributed by atoms with E-state index in [2.05, 4.69) is 68.7 Å². The van der Waals surface area contributed by atoms with E-state index in [-0.39, 0.29) is 24.7 Å². The van der Waals surface area contributed by atoms with Gasteiger partial charge in [-0.1, -0.05) is 85.3 Å². The van der Waals surface area contributed by atoms with Crippen LogP contribution in [0.3, 0.4) is 0 Å². The third kappa shape index (κ3) is 7.58. The van der Waals surface area contributed by atoms with E-state index in [1.165, 1.54) is 25.5 Å². The molecule has 2 fully saturated rings. The number of piperidine rings is 1. The van der Waals surface area contributed by atoms with Crippen LogP contribution in [0.4, 0.5) is 0 Å². The fourth-order valence-electron chi connectivity index (χ4n) is 6.50. The standard InChI is InChI=1S/C39H40N4O4/c44-26-27-11-13-30(14-12-27)37-22-33(25-43-19-4-1-5-20-43)46-39(47-37)31-17-15-29(16-18-31)32-8-6-7-28(21-32)23-41-38(45)36-24-40-34-9-2-3-10-35(34)42-36/h2-3,6-18,21,24,33,37,39,44H,1,4-5,19-20,22-23,25-26H2,(H,41,45)/t33-,37+,39+/m1/s1. The number of rotatable bonds is 9.